The van der Waals surface area contributed by atoms with Crippen LogP contribution in [0.2, 0.25) is 10.0 Å². The predicted octanol–water partition coefficient (Wildman–Crippen LogP) is 3.19. The van der Waals surface area contributed by atoms with Crippen molar-refractivity contribution in [2.75, 3.05) is 0 Å². The lowest BCUT2D eigenvalue weighted by Crippen LogP contribution is -2.11. The van der Waals surface area contributed by atoms with Crippen molar-refractivity contribution < 1.29 is 14.7 Å². The third-order valence-electron chi connectivity index (χ3n) is 2.97. The first-order chi connectivity index (χ1) is 9.40. The fourth-order valence-corrected chi connectivity index (χ4v) is 2.42. The Bertz CT molecular complexity index is 692. The fourth-order valence-electron chi connectivity index (χ4n) is 1.93. The van der Waals surface area contributed by atoms with Gasteiger partial charge in [-0.05, 0) is 30.3 Å². The number of aromatic nitrogens is 1. The van der Waals surface area contributed by atoms with Crippen LogP contribution in [-0.4, -0.2) is 21.4 Å². The van der Waals surface area contributed by atoms with Crippen LogP contribution in [0.25, 0.3) is 0 Å². The van der Waals surface area contributed by atoms with Gasteiger partial charge in [0.15, 0.2) is 0 Å². The van der Waals surface area contributed by atoms with Gasteiger partial charge in [-0.1, -0.05) is 23.2 Å². The maximum Gasteiger partial charge on any atom is 0.309 e. The van der Waals surface area contributed by atoms with Crippen molar-refractivity contribution in [1.29, 1.82) is 0 Å². The van der Waals surface area contributed by atoms with Crippen molar-refractivity contribution >= 4 is 35.0 Å². The third-order valence-corrected chi connectivity index (χ3v) is 3.51. The van der Waals surface area contributed by atoms with E-state index in [1.54, 1.807) is 35.9 Å². The van der Waals surface area contributed by atoms with Crippen LogP contribution in [0.15, 0.2) is 30.3 Å². The molecule has 104 valence electrons. The van der Waals surface area contributed by atoms with Gasteiger partial charge in [-0.25, -0.2) is 0 Å². The quantitative estimate of drug-likeness (QED) is 0.882. The second-order valence-electron chi connectivity index (χ2n) is 4.29. The molecule has 0 radical (unpaired) electrons. The summed E-state index contributed by atoms with van der Waals surface area (Å²) in [6.45, 7) is 0. The minimum Gasteiger partial charge on any atom is -0.481 e. The van der Waals surface area contributed by atoms with Gasteiger partial charge in [0, 0.05) is 23.3 Å². The number of benzene rings is 1. The molecule has 4 nitrogen and oxygen atoms in total. The summed E-state index contributed by atoms with van der Waals surface area (Å²) < 4.78 is 1.56. The summed E-state index contributed by atoms with van der Waals surface area (Å²) in [5, 5.41) is 9.51. The van der Waals surface area contributed by atoms with Crippen LogP contribution >= 0.6 is 23.2 Å². The Morgan fingerprint density at radius 3 is 2.50 bits per heavy atom. The van der Waals surface area contributed by atoms with Crippen molar-refractivity contribution in [3.05, 3.63) is 57.3 Å². The highest BCUT2D eigenvalue weighted by Crippen LogP contribution is 2.24. The molecule has 1 N–H and O–H groups in total. The van der Waals surface area contributed by atoms with Gasteiger partial charge in [-0.15, -0.1) is 0 Å². The molecule has 6 heteroatoms. The highest BCUT2D eigenvalue weighted by Gasteiger charge is 2.18. The SMILES string of the molecule is Cn1c(CC(=O)O)ccc1C(=O)c1ccc(Cl)cc1Cl. The van der Waals surface area contributed by atoms with Crippen LogP contribution in [0, 0.1) is 0 Å². The molecule has 0 spiro atoms. The van der Waals surface area contributed by atoms with E-state index in [9.17, 15) is 9.59 Å². The molecule has 0 unspecified atom stereocenters. The van der Waals surface area contributed by atoms with Crippen molar-refractivity contribution in [3.8, 4) is 0 Å². The van der Waals surface area contributed by atoms with Gasteiger partial charge in [-0.3, -0.25) is 9.59 Å². The highest BCUT2D eigenvalue weighted by atomic mass is 35.5. The van der Waals surface area contributed by atoms with Crippen molar-refractivity contribution in [1.82, 2.24) is 4.57 Å². The van der Waals surface area contributed by atoms with Crippen LogP contribution in [0.4, 0.5) is 0 Å². The summed E-state index contributed by atoms with van der Waals surface area (Å²) in [6.07, 6.45) is -0.141. The average molecular weight is 312 g/mol. The van der Waals surface area contributed by atoms with E-state index in [-0.39, 0.29) is 17.2 Å². The molecule has 0 saturated carbocycles. The van der Waals surface area contributed by atoms with Crippen molar-refractivity contribution in [3.63, 3.8) is 0 Å². The number of carboxylic acid groups (broad SMARTS) is 1. The van der Waals surface area contributed by atoms with Crippen molar-refractivity contribution in [2.24, 2.45) is 7.05 Å². The lowest BCUT2D eigenvalue weighted by molar-refractivity contribution is -0.136. The molecule has 1 aromatic heterocycles. The molecule has 2 rings (SSSR count). The van der Waals surface area contributed by atoms with Gasteiger partial charge in [0.1, 0.15) is 0 Å². The van der Waals surface area contributed by atoms with E-state index in [0.717, 1.165) is 0 Å². The fraction of sp³-hybridized carbons (Fsp3) is 0.143. The molecule has 1 aromatic carbocycles. The van der Waals surface area contributed by atoms with E-state index in [2.05, 4.69) is 0 Å². The number of halogens is 2. The summed E-state index contributed by atoms with van der Waals surface area (Å²) in [5.41, 5.74) is 1.26. The van der Waals surface area contributed by atoms with Crippen LogP contribution in [0.5, 0.6) is 0 Å². The molecule has 0 saturated heterocycles. The number of nitrogens with zero attached hydrogens (tertiary/aromatic N) is 1. The van der Waals surface area contributed by atoms with Crippen LogP contribution < -0.4 is 0 Å². The number of hydrogen-bond acceptors (Lipinski definition) is 2. The Morgan fingerprint density at radius 2 is 1.90 bits per heavy atom. The molecule has 0 amide bonds. The second kappa shape index (κ2) is 5.69. The summed E-state index contributed by atoms with van der Waals surface area (Å²) in [6, 6.07) is 7.84. The zero-order valence-electron chi connectivity index (χ0n) is 10.6. The van der Waals surface area contributed by atoms with Crippen LogP contribution in [0.3, 0.4) is 0 Å². The lowest BCUT2D eigenvalue weighted by atomic mass is 10.1. The molecule has 0 bridgehead atoms. The van der Waals surface area contributed by atoms with E-state index in [0.29, 0.717) is 22.0 Å². The Hall–Kier alpha value is -1.78. The molecule has 0 aliphatic heterocycles. The maximum atomic E-state index is 12.4. The average Bonchev–Trinajstić information content (AvgIpc) is 2.69. The largest absolute Gasteiger partial charge is 0.481 e. The normalized spacial score (nSPS) is 10.6. The molecular weight excluding hydrogens is 301 g/mol. The topological polar surface area (TPSA) is 59.3 Å². The van der Waals surface area contributed by atoms with Gasteiger partial charge >= 0.3 is 5.97 Å². The second-order valence-corrected chi connectivity index (χ2v) is 5.14. The molecule has 0 aliphatic rings. The monoisotopic (exact) mass is 311 g/mol. The maximum absolute atomic E-state index is 12.4. The third kappa shape index (κ3) is 2.86. The van der Waals surface area contributed by atoms with Gasteiger partial charge < -0.3 is 9.67 Å². The first-order valence-corrected chi connectivity index (χ1v) is 6.52. The smallest absolute Gasteiger partial charge is 0.309 e. The molecule has 0 aliphatic carbocycles. The van der Waals surface area contributed by atoms with E-state index in [1.165, 1.54) is 6.07 Å². The van der Waals surface area contributed by atoms with Crippen LogP contribution in [0.1, 0.15) is 21.7 Å². The molecular formula is C14H11Cl2NO3. The molecule has 20 heavy (non-hydrogen) atoms. The summed E-state index contributed by atoms with van der Waals surface area (Å²) >= 11 is 11.8. The minimum absolute atomic E-state index is 0.141. The summed E-state index contributed by atoms with van der Waals surface area (Å²) in [5.74, 6) is -1.22. The van der Waals surface area contributed by atoms with E-state index in [1.807, 2.05) is 0 Å². The number of aliphatic carboxylic acids is 1. The first kappa shape index (κ1) is 14.6. The van der Waals surface area contributed by atoms with Gasteiger partial charge in [0.25, 0.3) is 0 Å². The minimum atomic E-state index is -0.949. The molecule has 0 fully saturated rings. The number of rotatable bonds is 4. The Labute approximate surface area is 125 Å². The van der Waals surface area contributed by atoms with Crippen molar-refractivity contribution in [2.45, 2.75) is 6.42 Å². The van der Waals surface area contributed by atoms with E-state index >= 15 is 0 Å². The van der Waals surface area contributed by atoms with E-state index < -0.39 is 5.97 Å². The Morgan fingerprint density at radius 1 is 1.20 bits per heavy atom. The highest BCUT2D eigenvalue weighted by molar-refractivity contribution is 6.37. The van der Waals surface area contributed by atoms with Gasteiger partial charge in [0.2, 0.25) is 5.78 Å². The number of carbonyl (C=O) groups excluding carboxylic acids is 1. The standard InChI is InChI=1S/C14H11Cl2NO3/c1-17-9(7-13(18)19)3-5-12(17)14(20)10-4-2-8(15)6-11(10)16/h2-6H,7H2,1H3,(H,18,19). The van der Waals surface area contributed by atoms with Gasteiger partial charge in [-0.2, -0.15) is 0 Å². The Balaban J connectivity index is 2.39. The molecule has 2 aromatic rings. The summed E-state index contributed by atoms with van der Waals surface area (Å²) in [7, 11) is 1.65. The first-order valence-electron chi connectivity index (χ1n) is 5.76. The number of ketones is 1. The van der Waals surface area contributed by atoms with Crippen LogP contribution in [-0.2, 0) is 18.3 Å². The predicted molar refractivity (Wildman–Crippen MR) is 76.6 cm³/mol. The molecule has 1 heterocycles. The lowest BCUT2D eigenvalue weighted by Gasteiger charge is -2.07. The number of carboxylic acids is 1. The number of hydrogen-bond donors (Lipinski definition) is 1. The van der Waals surface area contributed by atoms with Gasteiger partial charge in [0.05, 0.1) is 17.1 Å². The zero-order chi connectivity index (χ0) is 14.9. The molecule has 0 atom stereocenters. The summed E-state index contributed by atoms with van der Waals surface area (Å²) in [4.78, 5) is 23.1. The Kier molecular flexibility index (Phi) is 4.16. The number of carbonyl (C=O) groups is 2. The van der Waals surface area contributed by atoms with E-state index in [4.69, 9.17) is 28.3 Å². The zero-order valence-corrected chi connectivity index (χ0v) is 12.1.